The number of nitrogens with zero attached hydrogens (tertiary/aromatic N) is 1. The molecule has 140 valence electrons. The number of benzene rings is 1. The van der Waals surface area contributed by atoms with Gasteiger partial charge in [0.05, 0.1) is 16.6 Å². The fourth-order valence-corrected chi connectivity index (χ4v) is 3.52. The summed E-state index contributed by atoms with van der Waals surface area (Å²) in [6.07, 6.45) is -0.384. The third-order valence-corrected chi connectivity index (χ3v) is 5.24. The third kappa shape index (κ3) is 5.50. The number of esters is 2. The number of sulfonamides is 1. The van der Waals surface area contributed by atoms with E-state index in [0.717, 1.165) is 18.2 Å². The molecule has 0 heterocycles. The zero-order valence-corrected chi connectivity index (χ0v) is 15.4. The Morgan fingerprint density at radius 3 is 2.32 bits per heavy atom. The first-order chi connectivity index (χ1) is 11.6. The van der Waals surface area contributed by atoms with Crippen molar-refractivity contribution >= 4 is 22.0 Å². The van der Waals surface area contributed by atoms with Crippen LogP contribution in [0.4, 0.5) is 4.39 Å². The van der Waals surface area contributed by atoms with Crippen LogP contribution in [-0.2, 0) is 24.3 Å². The lowest BCUT2D eigenvalue weighted by atomic mass is 10.2. The van der Waals surface area contributed by atoms with E-state index in [1.807, 2.05) is 0 Å². The lowest BCUT2D eigenvalue weighted by molar-refractivity contribution is -0.151. The minimum Gasteiger partial charge on any atom is -0.460 e. The molecule has 0 fully saturated rings. The zero-order chi connectivity index (χ0) is 19.2. The lowest BCUT2D eigenvalue weighted by Gasteiger charge is -2.18. The van der Waals surface area contributed by atoms with Crippen molar-refractivity contribution in [2.24, 2.45) is 0 Å². The molecule has 1 rings (SSSR count). The second-order valence-corrected chi connectivity index (χ2v) is 7.28. The number of carbonyl (C=O) groups excluding carboxylic acids is 2. The summed E-state index contributed by atoms with van der Waals surface area (Å²) in [5.74, 6) is -2.87. The van der Waals surface area contributed by atoms with Crippen LogP contribution in [0.2, 0.25) is 0 Å². The fourth-order valence-electron chi connectivity index (χ4n) is 2.03. The minimum absolute atomic E-state index is 0.227. The number of halogens is 1. The third-order valence-electron chi connectivity index (χ3n) is 3.19. The molecule has 0 spiro atoms. The van der Waals surface area contributed by atoms with E-state index >= 15 is 0 Å². The van der Waals surface area contributed by atoms with Gasteiger partial charge in [0.25, 0.3) is 0 Å². The Hall–Kier alpha value is -2.00. The molecule has 0 atom stereocenters. The summed E-state index contributed by atoms with van der Waals surface area (Å²) >= 11 is 0. The monoisotopic (exact) mass is 375 g/mol. The highest BCUT2D eigenvalue weighted by molar-refractivity contribution is 7.89. The van der Waals surface area contributed by atoms with Gasteiger partial charge in [-0.25, -0.2) is 22.4 Å². The van der Waals surface area contributed by atoms with Gasteiger partial charge in [-0.15, -0.1) is 0 Å². The van der Waals surface area contributed by atoms with Crippen molar-refractivity contribution in [3.05, 3.63) is 29.6 Å². The first-order valence-corrected chi connectivity index (χ1v) is 9.23. The fraction of sp³-hybridized carbons (Fsp3) is 0.500. The molecule has 0 aliphatic rings. The van der Waals surface area contributed by atoms with E-state index in [1.165, 1.54) is 4.31 Å². The van der Waals surface area contributed by atoms with Gasteiger partial charge in [-0.05, 0) is 32.0 Å². The Kier molecular flexibility index (Phi) is 7.50. The topological polar surface area (TPSA) is 90.0 Å². The summed E-state index contributed by atoms with van der Waals surface area (Å²) in [4.78, 5) is 23.1. The van der Waals surface area contributed by atoms with Gasteiger partial charge in [0.1, 0.15) is 5.82 Å². The summed E-state index contributed by atoms with van der Waals surface area (Å²) in [7, 11) is -3.85. The Labute approximate surface area is 146 Å². The Morgan fingerprint density at radius 2 is 1.80 bits per heavy atom. The second-order valence-electron chi connectivity index (χ2n) is 5.35. The van der Waals surface area contributed by atoms with Crippen LogP contribution >= 0.6 is 0 Å². The molecule has 0 aliphatic heterocycles. The smallest absolute Gasteiger partial charge is 0.344 e. The average Bonchev–Trinajstić information content (AvgIpc) is 2.53. The van der Waals surface area contributed by atoms with Gasteiger partial charge in [0.2, 0.25) is 10.0 Å². The van der Waals surface area contributed by atoms with Crippen LogP contribution in [0.25, 0.3) is 0 Å². The number of hydrogen-bond acceptors (Lipinski definition) is 6. The Bertz CT molecular complexity index is 728. The van der Waals surface area contributed by atoms with Crippen molar-refractivity contribution in [1.29, 1.82) is 0 Å². The molecule has 0 saturated heterocycles. The number of rotatable bonds is 8. The van der Waals surface area contributed by atoms with Crippen LogP contribution in [0.15, 0.2) is 23.1 Å². The molecule has 0 aliphatic carbocycles. The zero-order valence-electron chi connectivity index (χ0n) is 14.6. The molecule has 1 aromatic rings. The molecule has 0 saturated carbocycles. The van der Waals surface area contributed by atoms with Crippen LogP contribution in [0, 0.1) is 5.82 Å². The molecule has 9 heteroatoms. The van der Waals surface area contributed by atoms with E-state index in [9.17, 15) is 22.4 Å². The van der Waals surface area contributed by atoms with Gasteiger partial charge in [-0.3, -0.25) is 0 Å². The Morgan fingerprint density at radius 1 is 1.20 bits per heavy atom. The van der Waals surface area contributed by atoms with Gasteiger partial charge in [-0.1, -0.05) is 13.8 Å². The molecule has 0 amide bonds. The predicted molar refractivity (Wildman–Crippen MR) is 88.0 cm³/mol. The molecule has 0 radical (unpaired) electrons. The van der Waals surface area contributed by atoms with Crippen molar-refractivity contribution in [3.8, 4) is 0 Å². The quantitative estimate of drug-likeness (QED) is 0.645. The molecule has 0 unspecified atom stereocenters. The van der Waals surface area contributed by atoms with Crippen molar-refractivity contribution in [2.45, 2.75) is 38.7 Å². The van der Waals surface area contributed by atoms with E-state index in [2.05, 4.69) is 0 Å². The highest BCUT2D eigenvalue weighted by atomic mass is 32.2. The van der Waals surface area contributed by atoms with E-state index in [-0.39, 0.29) is 24.1 Å². The Balaban J connectivity index is 3.02. The number of ether oxygens (including phenoxy) is 2. The average molecular weight is 375 g/mol. The van der Waals surface area contributed by atoms with Crippen LogP contribution in [-0.4, -0.2) is 50.5 Å². The molecule has 7 nitrogen and oxygen atoms in total. The normalized spacial score (nSPS) is 11.6. The molecular formula is C16H22FNO6S. The molecular weight excluding hydrogens is 353 g/mol. The highest BCUT2D eigenvalue weighted by Crippen LogP contribution is 2.20. The maximum absolute atomic E-state index is 13.9. The summed E-state index contributed by atoms with van der Waals surface area (Å²) < 4.78 is 49.4. The molecule has 0 N–H and O–H groups in total. The van der Waals surface area contributed by atoms with Gasteiger partial charge in [0, 0.05) is 13.1 Å². The van der Waals surface area contributed by atoms with Gasteiger partial charge < -0.3 is 9.47 Å². The van der Waals surface area contributed by atoms with Crippen LogP contribution in [0.1, 0.15) is 38.1 Å². The molecule has 0 aromatic heterocycles. The van der Waals surface area contributed by atoms with E-state index in [1.54, 1.807) is 27.7 Å². The summed E-state index contributed by atoms with van der Waals surface area (Å²) in [6.45, 7) is 6.36. The van der Waals surface area contributed by atoms with Crippen molar-refractivity contribution < 1.29 is 31.9 Å². The first-order valence-electron chi connectivity index (χ1n) is 7.79. The van der Waals surface area contributed by atoms with E-state index in [4.69, 9.17) is 9.47 Å². The van der Waals surface area contributed by atoms with Gasteiger partial charge in [-0.2, -0.15) is 4.31 Å². The maximum atomic E-state index is 13.9. The van der Waals surface area contributed by atoms with E-state index < -0.39 is 39.9 Å². The maximum Gasteiger partial charge on any atom is 0.344 e. The van der Waals surface area contributed by atoms with Crippen molar-refractivity contribution in [2.75, 3.05) is 19.7 Å². The minimum atomic E-state index is -3.85. The largest absolute Gasteiger partial charge is 0.460 e. The summed E-state index contributed by atoms with van der Waals surface area (Å²) in [5.41, 5.74) is -0.564. The van der Waals surface area contributed by atoms with Gasteiger partial charge in [0.15, 0.2) is 6.61 Å². The van der Waals surface area contributed by atoms with Crippen molar-refractivity contribution in [3.63, 3.8) is 0 Å². The van der Waals surface area contributed by atoms with Crippen molar-refractivity contribution in [1.82, 2.24) is 4.31 Å². The number of hydrogen-bond donors (Lipinski definition) is 0. The second kappa shape index (κ2) is 8.91. The SMILES string of the molecule is CCN(CC)S(=O)(=O)c1ccc(F)c(C(=O)OCC(=O)OC(C)C)c1. The molecule has 0 bridgehead atoms. The summed E-state index contributed by atoms with van der Waals surface area (Å²) in [5, 5.41) is 0. The first kappa shape index (κ1) is 21.0. The lowest BCUT2D eigenvalue weighted by Crippen LogP contribution is -2.30. The molecule has 25 heavy (non-hydrogen) atoms. The van der Waals surface area contributed by atoms with Gasteiger partial charge >= 0.3 is 11.9 Å². The van der Waals surface area contributed by atoms with E-state index in [0.29, 0.717) is 0 Å². The van der Waals surface area contributed by atoms with Crippen LogP contribution < -0.4 is 0 Å². The highest BCUT2D eigenvalue weighted by Gasteiger charge is 2.25. The summed E-state index contributed by atoms with van der Waals surface area (Å²) in [6, 6.07) is 2.85. The van der Waals surface area contributed by atoms with Crippen LogP contribution in [0.5, 0.6) is 0 Å². The number of carbonyl (C=O) groups is 2. The molecule has 1 aromatic carbocycles. The standard InChI is InChI=1S/C16H22FNO6S/c1-5-18(6-2)25(21,22)12-7-8-14(17)13(9-12)16(20)23-10-15(19)24-11(3)4/h7-9,11H,5-6,10H2,1-4H3. The predicted octanol–water partition coefficient (Wildman–Crippen LogP) is 1.96. The van der Waals surface area contributed by atoms with Crippen LogP contribution in [0.3, 0.4) is 0 Å².